The molecular weight excluding hydrogens is 444 g/mol. The minimum absolute atomic E-state index is 0.0576. The molecular formula is C27H32N2O4Si. The van der Waals surface area contributed by atoms with E-state index in [4.69, 9.17) is 9.16 Å². The Morgan fingerprint density at radius 3 is 2.18 bits per heavy atom. The second-order valence-corrected chi connectivity index (χ2v) is 14.0. The molecule has 178 valence electrons. The van der Waals surface area contributed by atoms with Crippen LogP contribution in [0.3, 0.4) is 0 Å². The van der Waals surface area contributed by atoms with Gasteiger partial charge in [0.25, 0.3) is 14.0 Å². The SMILES string of the molecule is CC(C)(C)[Si](OCCN1CCOc2cc([N+](=O)[O-])ccc2C1)(c1ccccc1)c1ccccc1. The molecule has 7 heteroatoms. The zero-order valence-electron chi connectivity index (χ0n) is 20.1. The molecule has 1 aliphatic heterocycles. The molecule has 0 N–H and O–H groups in total. The van der Waals surface area contributed by atoms with E-state index in [-0.39, 0.29) is 15.6 Å². The molecule has 0 radical (unpaired) electrons. The van der Waals surface area contributed by atoms with Gasteiger partial charge >= 0.3 is 0 Å². The van der Waals surface area contributed by atoms with Gasteiger partial charge in [0, 0.05) is 37.9 Å². The first-order valence-corrected chi connectivity index (χ1v) is 13.6. The second-order valence-electron chi connectivity index (χ2n) is 9.69. The maximum Gasteiger partial charge on any atom is 0.273 e. The molecule has 0 atom stereocenters. The number of nitro groups is 1. The van der Waals surface area contributed by atoms with Crippen molar-refractivity contribution in [1.82, 2.24) is 4.90 Å². The van der Waals surface area contributed by atoms with Crippen molar-refractivity contribution in [2.24, 2.45) is 0 Å². The van der Waals surface area contributed by atoms with Crippen molar-refractivity contribution < 1.29 is 14.1 Å². The van der Waals surface area contributed by atoms with Gasteiger partial charge < -0.3 is 9.16 Å². The molecule has 1 heterocycles. The largest absolute Gasteiger partial charge is 0.492 e. The highest BCUT2D eigenvalue weighted by Gasteiger charge is 2.50. The summed E-state index contributed by atoms with van der Waals surface area (Å²) in [5, 5.41) is 13.6. The van der Waals surface area contributed by atoms with Gasteiger partial charge in [0.05, 0.1) is 11.0 Å². The first kappa shape index (κ1) is 24.1. The molecule has 0 aromatic heterocycles. The molecule has 0 spiro atoms. The molecule has 0 aliphatic carbocycles. The smallest absolute Gasteiger partial charge is 0.273 e. The summed E-state index contributed by atoms with van der Waals surface area (Å²) in [6.45, 7) is 10.1. The Balaban J connectivity index is 1.56. The van der Waals surface area contributed by atoms with Crippen LogP contribution in [0.1, 0.15) is 26.3 Å². The summed E-state index contributed by atoms with van der Waals surface area (Å²) in [5.74, 6) is 0.601. The number of non-ortho nitro benzene ring substituents is 1. The van der Waals surface area contributed by atoms with Gasteiger partial charge in [-0.3, -0.25) is 15.0 Å². The lowest BCUT2D eigenvalue weighted by molar-refractivity contribution is -0.384. The lowest BCUT2D eigenvalue weighted by Gasteiger charge is -2.43. The summed E-state index contributed by atoms with van der Waals surface area (Å²) in [5.41, 5.74) is 1.02. The Labute approximate surface area is 202 Å². The van der Waals surface area contributed by atoms with Gasteiger partial charge in [0.1, 0.15) is 12.4 Å². The minimum Gasteiger partial charge on any atom is -0.492 e. The third kappa shape index (κ3) is 4.92. The van der Waals surface area contributed by atoms with Crippen LogP contribution in [0.25, 0.3) is 0 Å². The molecule has 0 unspecified atom stereocenters. The Bertz CT molecular complexity index is 1080. The fraction of sp³-hybridized carbons (Fsp3) is 0.333. The molecule has 1 aliphatic rings. The van der Waals surface area contributed by atoms with E-state index in [9.17, 15) is 10.1 Å². The molecule has 6 nitrogen and oxygen atoms in total. The van der Waals surface area contributed by atoms with Crippen LogP contribution in [-0.4, -0.2) is 44.4 Å². The van der Waals surface area contributed by atoms with Crippen molar-refractivity contribution in [2.75, 3.05) is 26.3 Å². The monoisotopic (exact) mass is 476 g/mol. The van der Waals surface area contributed by atoms with Crippen molar-refractivity contribution >= 4 is 24.4 Å². The van der Waals surface area contributed by atoms with Crippen LogP contribution in [-0.2, 0) is 11.0 Å². The van der Waals surface area contributed by atoms with Crippen molar-refractivity contribution in [3.63, 3.8) is 0 Å². The zero-order valence-corrected chi connectivity index (χ0v) is 21.1. The molecule has 0 bridgehead atoms. The number of rotatable bonds is 7. The van der Waals surface area contributed by atoms with Gasteiger partial charge in [-0.1, -0.05) is 81.4 Å². The first-order valence-electron chi connectivity index (χ1n) is 11.7. The van der Waals surface area contributed by atoms with Crippen LogP contribution in [0.15, 0.2) is 78.9 Å². The number of ether oxygens (including phenoxy) is 1. The summed E-state index contributed by atoms with van der Waals surface area (Å²) >= 11 is 0. The Morgan fingerprint density at radius 1 is 1.00 bits per heavy atom. The fourth-order valence-corrected chi connectivity index (χ4v) is 9.36. The summed E-state index contributed by atoms with van der Waals surface area (Å²) in [7, 11) is -2.57. The van der Waals surface area contributed by atoms with Crippen molar-refractivity contribution in [1.29, 1.82) is 0 Å². The highest BCUT2D eigenvalue weighted by molar-refractivity contribution is 6.99. The van der Waals surface area contributed by atoms with E-state index in [1.165, 1.54) is 16.4 Å². The average Bonchev–Trinajstić information content (AvgIpc) is 3.03. The predicted molar refractivity (Wildman–Crippen MR) is 137 cm³/mol. The topological polar surface area (TPSA) is 64.8 Å². The van der Waals surface area contributed by atoms with E-state index in [1.807, 2.05) is 0 Å². The number of benzene rings is 3. The number of fused-ring (bicyclic) bond motifs is 1. The van der Waals surface area contributed by atoms with Crippen LogP contribution in [0, 0.1) is 10.1 Å². The summed E-state index contributed by atoms with van der Waals surface area (Å²) in [6.07, 6.45) is 0. The molecule has 0 saturated carbocycles. The molecule has 34 heavy (non-hydrogen) atoms. The van der Waals surface area contributed by atoms with E-state index < -0.39 is 8.32 Å². The number of hydrogen-bond donors (Lipinski definition) is 0. The third-order valence-corrected chi connectivity index (χ3v) is 11.5. The zero-order chi connectivity index (χ0) is 24.2. The summed E-state index contributed by atoms with van der Waals surface area (Å²) < 4.78 is 12.8. The Kier molecular flexibility index (Phi) is 7.16. The number of nitrogens with zero attached hydrogens (tertiary/aromatic N) is 2. The Hall–Kier alpha value is -3.00. The number of nitro benzene ring substituents is 1. The Morgan fingerprint density at radius 2 is 1.62 bits per heavy atom. The van der Waals surface area contributed by atoms with E-state index >= 15 is 0 Å². The van der Waals surface area contributed by atoms with Gasteiger partial charge in [-0.15, -0.1) is 0 Å². The van der Waals surface area contributed by atoms with E-state index in [1.54, 1.807) is 12.1 Å². The lowest BCUT2D eigenvalue weighted by atomic mass is 10.1. The lowest BCUT2D eigenvalue weighted by Crippen LogP contribution is -2.67. The average molecular weight is 477 g/mol. The highest BCUT2D eigenvalue weighted by Crippen LogP contribution is 2.36. The summed E-state index contributed by atoms with van der Waals surface area (Å²) in [4.78, 5) is 13.0. The second kappa shape index (κ2) is 10.1. The number of hydrogen-bond acceptors (Lipinski definition) is 5. The molecule has 3 aromatic carbocycles. The first-order chi connectivity index (χ1) is 16.3. The standard InChI is InChI=1S/C27H32N2O4Si/c1-27(2,3)34(24-10-6-4-7-11-24,25-12-8-5-9-13-25)33-19-17-28-16-18-32-26-20-23(29(30)31)15-14-22(26)21-28/h4-15,20H,16-19,21H2,1-3H3. The van der Waals surface area contributed by atoms with E-state index in [2.05, 4.69) is 86.3 Å². The van der Waals surface area contributed by atoms with Crippen LogP contribution in [0.5, 0.6) is 5.75 Å². The molecule has 0 fully saturated rings. The quantitative estimate of drug-likeness (QED) is 0.288. The minimum atomic E-state index is -2.57. The highest BCUT2D eigenvalue weighted by atomic mass is 28.4. The van der Waals surface area contributed by atoms with Gasteiger partial charge in [-0.2, -0.15) is 0 Å². The molecule has 4 rings (SSSR count). The van der Waals surface area contributed by atoms with E-state index in [0.29, 0.717) is 25.5 Å². The predicted octanol–water partition coefficient (Wildman–Crippen LogP) is 4.37. The van der Waals surface area contributed by atoms with Gasteiger partial charge in [0.2, 0.25) is 0 Å². The van der Waals surface area contributed by atoms with Gasteiger partial charge in [0.15, 0.2) is 0 Å². The van der Waals surface area contributed by atoms with Gasteiger partial charge in [-0.05, 0) is 21.5 Å². The molecule has 3 aromatic rings. The van der Waals surface area contributed by atoms with Crippen LogP contribution < -0.4 is 15.1 Å². The molecule has 0 saturated heterocycles. The maximum atomic E-state index is 11.1. The fourth-order valence-electron chi connectivity index (χ4n) is 4.81. The third-order valence-electron chi connectivity index (χ3n) is 6.46. The van der Waals surface area contributed by atoms with Crippen LogP contribution in [0.2, 0.25) is 5.04 Å². The van der Waals surface area contributed by atoms with Crippen molar-refractivity contribution in [2.45, 2.75) is 32.4 Å². The van der Waals surface area contributed by atoms with E-state index in [0.717, 1.165) is 18.7 Å². The van der Waals surface area contributed by atoms with Crippen molar-refractivity contribution in [3.8, 4) is 5.75 Å². The van der Waals surface area contributed by atoms with Crippen LogP contribution in [0.4, 0.5) is 5.69 Å². The van der Waals surface area contributed by atoms with Crippen LogP contribution >= 0.6 is 0 Å². The summed E-state index contributed by atoms with van der Waals surface area (Å²) in [6, 6.07) is 26.2. The maximum absolute atomic E-state index is 11.1. The van der Waals surface area contributed by atoms with Crippen molar-refractivity contribution in [3.05, 3.63) is 94.5 Å². The molecule has 0 amide bonds. The van der Waals surface area contributed by atoms with Gasteiger partial charge in [-0.25, -0.2) is 0 Å². The normalized spacial score (nSPS) is 14.7.